The zero-order valence-corrected chi connectivity index (χ0v) is 16.5. The molecule has 6 nitrogen and oxygen atoms in total. The van der Waals surface area contributed by atoms with Crippen molar-refractivity contribution in [3.63, 3.8) is 0 Å². The molecular weight excluding hydrogens is 374 g/mol. The summed E-state index contributed by atoms with van der Waals surface area (Å²) in [5.74, 6) is 1.74. The Morgan fingerprint density at radius 1 is 1.04 bits per heavy atom. The maximum absolute atomic E-state index is 6.14. The predicted octanol–water partition coefficient (Wildman–Crippen LogP) is 5.10. The number of hydrogen-bond acceptors (Lipinski definition) is 4. The van der Waals surface area contributed by atoms with Crippen molar-refractivity contribution in [3.8, 4) is 17.3 Å². The van der Waals surface area contributed by atoms with Crippen molar-refractivity contribution < 1.29 is 4.42 Å². The number of aromatic nitrogens is 5. The summed E-state index contributed by atoms with van der Waals surface area (Å²) in [5, 5.41) is 0.707. The van der Waals surface area contributed by atoms with Gasteiger partial charge in [-0.1, -0.05) is 30.2 Å². The van der Waals surface area contributed by atoms with E-state index in [4.69, 9.17) is 21.0 Å². The zero-order chi connectivity index (χ0) is 19.3. The van der Waals surface area contributed by atoms with Crippen LogP contribution in [0.2, 0.25) is 5.02 Å². The van der Waals surface area contributed by atoms with Crippen molar-refractivity contribution in [3.05, 3.63) is 72.0 Å². The zero-order valence-electron chi connectivity index (χ0n) is 15.8. The highest BCUT2D eigenvalue weighted by molar-refractivity contribution is 6.30. The molecule has 0 aliphatic carbocycles. The van der Waals surface area contributed by atoms with Gasteiger partial charge in [-0.05, 0) is 31.9 Å². The second-order valence-corrected chi connectivity index (χ2v) is 7.17. The lowest BCUT2D eigenvalue weighted by Crippen LogP contribution is -1.95. The van der Waals surface area contributed by atoms with Crippen molar-refractivity contribution in [2.45, 2.75) is 39.2 Å². The van der Waals surface area contributed by atoms with Crippen molar-refractivity contribution in [1.82, 2.24) is 24.1 Å². The summed E-state index contributed by atoms with van der Waals surface area (Å²) in [6.45, 7) is 2.92. The monoisotopic (exact) mass is 395 g/mol. The van der Waals surface area contributed by atoms with Crippen LogP contribution in [0.15, 0.2) is 59.8 Å². The van der Waals surface area contributed by atoms with E-state index in [0.29, 0.717) is 11.0 Å². The molecule has 0 fully saturated rings. The number of hydrogen-bond donors (Lipinski definition) is 0. The van der Waals surface area contributed by atoms with Crippen molar-refractivity contribution >= 4 is 11.6 Å². The predicted molar refractivity (Wildman–Crippen MR) is 109 cm³/mol. The molecule has 1 aromatic carbocycles. The van der Waals surface area contributed by atoms with Crippen LogP contribution in [-0.4, -0.2) is 24.1 Å². The van der Waals surface area contributed by atoms with Gasteiger partial charge in [0, 0.05) is 48.3 Å². The van der Waals surface area contributed by atoms with Crippen LogP contribution in [-0.2, 0) is 13.0 Å². The molecule has 4 aromatic rings. The van der Waals surface area contributed by atoms with Crippen molar-refractivity contribution in [2.24, 2.45) is 0 Å². The Bertz CT molecular complexity index is 1020. The molecule has 0 amide bonds. The highest BCUT2D eigenvalue weighted by Crippen LogP contribution is 2.28. The molecule has 4 rings (SSSR count). The van der Waals surface area contributed by atoms with E-state index in [2.05, 4.69) is 14.5 Å². The maximum Gasteiger partial charge on any atom is 0.307 e. The van der Waals surface area contributed by atoms with Gasteiger partial charge in [0.2, 0.25) is 0 Å². The summed E-state index contributed by atoms with van der Waals surface area (Å²) in [5.41, 5.74) is 1.87. The molecule has 0 saturated carbocycles. The molecule has 0 atom stereocenters. The number of imidazole rings is 2. The number of aryl methyl sites for hydroxylation is 3. The molecule has 0 radical (unpaired) electrons. The lowest BCUT2D eigenvalue weighted by Gasteiger charge is -2.03. The van der Waals surface area contributed by atoms with E-state index in [0.717, 1.165) is 55.1 Å². The largest absolute Gasteiger partial charge is 0.427 e. The average Bonchev–Trinajstić information content (AvgIpc) is 3.43. The molecule has 28 heavy (non-hydrogen) atoms. The first-order valence-corrected chi connectivity index (χ1v) is 9.80. The third-order valence-corrected chi connectivity index (χ3v) is 4.97. The van der Waals surface area contributed by atoms with Gasteiger partial charge in [0.25, 0.3) is 0 Å². The third kappa shape index (κ3) is 4.17. The molecule has 0 spiro atoms. The van der Waals surface area contributed by atoms with Crippen LogP contribution >= 0.6 is 11.6 Å². The van der Waals surface area contributed by atoms with Crippen LogP contribution < -0.4 is 0 Å². The molecular formula is C21H22ClN5O. The summed E-state index contributed by atoms with van der Waals surface area (Å²) in [7, 11) is 0. The van der Waals surface area contributed by atoms with Gasteiger partial charge in [0.05, 0.1) is 6.33 Å². The van der Waals surface area contributed by atoms with Crippen LogP contribution in [0, 0.1) is 6.92 Å². The van der Waals surface area contributed by atoms with E-state index < -0.39 is 0 Å². The lowest BCUT2D eigenvalue weighted by molar-refractivity contribution is 0.467. The normalized spacial score (nSPS) is 11.2. The minimum Gasteiger partial charge on any atom is -0.427 e. The van der Waals surface area contributed by atoms with Crippen molar-refractivity contribution in [1.29, 1.82) is 0 Å². The Morgan fingerprint density at radius 3 is 2.61 bits per heavy atom. The molecule has 0 aliphatic heterocycles. The van der Waals surface area contributed by atoms with Crippen LogP contribution in [0.4, 0.5) is 0 Å². The Labute approximate surface area is 168 Å². The smallest absolute Gasteiger partial charge is 0.307 e. The van der Waals surface area contributed by atoms with Gasteiger partial charge < -0.3 is 8.98 Å². The fraction of sp³-hybridized carbons (Fsp3) is 0.286. The second-order valence-electron chi connectivity index (χ2n) is 6.73. The molecule has 0 bridgehead atoms. The Morgan fingerprint density at radius 2 is 1.89 bits per heavy atom. The van der Waals surface area contributed by atoms with E-state index in [9.17, 15) is 0 Å². The standard InChI is InChI=1S/C21H22ClN5O/c1-16-24-11-14-27(16)21-25-20(17-6-8-18(22)9-7-17)19(28-21)5-3-2-4-12-26-13-10-23-15-26/h6-11,13-15H,2-5,12H2,1H3. The van der Waals surface area contributed by atoms with Gasteiger partial charge in [-0.3, -0.25) is 4.57 Å². The number of oxazole rings is 1. The summed E-state index contributed by atoms with van der Waals surface area (Å²) in [6.07, 6.45) is 13.4. The molecule has 0 aliphatic rings. The first kappa shape index (κ1) is 18.5. The Hall–Kier alpha value is -2.86. The Kier molecular flexibility index (Phi) is 5.58. The molecule has 3 aromatic heterocycles. The minimum atomic E-state index is 0.549. The molecule has 0 N–H and O–H groups in total. The highest BCUT2D eigenvalue weighted by Gasteiger charge is 2.17. The minimum absolute atomic E-state index is 0.549. The first-order chi connectivity index (χ1) is 13.7. The van der Waals surface area contributed by atoms with Crippen LogP contribution in [0.3, 0.4) is 0 Å². The van der Waals surface area contributed by atoms with Crippen molar-refractivity contribution in [2.75, 3.05) is 0 Å². The molecule has 3 heterocycles. The number of benzene rings is 1. The first-order valence-electron chi connectivity index (χ1n) is 9.42. The highest BCUT2D eigenvalue weighted by atomic mass is 35.5. The molecule has 0 saturated heterocycles. The van der Waals surface area contributed by atoms with Gasteiger partial charge in [-0.2, -0.15) is 4.98 Å². The number of rotatable bonds is 8. The topological polar surface area (TPSA) is 61.7 Å². The van der Waals surface area contributed by atoms with Gasteiger partial charge in [-0.15, -0.1) is 0 Å². The third-order valence-electron chi connectivity index (χ3n) is 4.71. The number of halogens is 1. The number of unbranched alkanes of at least 4 members (excludes halogenated alkanes) is 2. The summed E-state index contributed by atoms with van der Waals surface area (Å²) >= 11 is 6.04. The molecule has 144 valence electrons. The van der Waals surface area contributed by atoms with Gasteiger partial charge in [0.15, 0.2) is 0 Å². The SMILES string of the molecule is Cc1nccn1-c1nc(-c2ccc(Cl)cc2)c(CCCCCn2ccnc2)o1. The van der Waals surface area contributed by atoms with E-state index in [-0.39, 0.29) is 0 Å². The number of nitrogens with zero attached hydrogens (tertiary/aromatic N) is 5. The van der Waals surface area contributed by atoms with E-state index in [1.54, 1.807) is 6.20 Å². The Balaban J connectivity index is 1.50. The van der Waals surface area contributed by atoms with E-state index >= 15 is 0 Å². The molecule has 0 unspecified atom stereocenters. The van der Waals surface area contributed by atoms with Gasteiger partial charge in [-0.25, -0.2) is 9.97 Å². The summed E-state index contributed by atoms with van der Waals surface area (Å²) in [6, 6.07) is 8.26. The van der Waals surface area contributed by atoms with Crippen LogP contribution in [0.25, 0.3) is 17.3 Å². The van der Waals surface area contributed by atoms with E-state index in [1.165, 1.54) is 0 Å². The fourth-order valence-electron chi connectivity index (χ4n) is 3.20. The van der Waals surface area contributed by atoms with Gasteiger partial charge in [0.1, 0.15) is 17.3 Å². The average molecular weight is 396 g/mol. The van der Waals surface area contributed by atoms with Crippen LogP contribution in [0.5, 0.6) is 0 Å². The van der Waals surface area contributed by atoms with Crippen LogP contribution in [0.1, 0.15) is 30.8 Å². The lowest BCUT2D eigenvalue weighted by atomic mass is 10.1. The van der Waals surface area contributed by atoms with E-state index in [1.807, 2.05) is 60.7 Å². The molecule has 7 heteroatoms. The summed E-state index contributed by atoms with van der Waals surface area (Å²) in [4.78, 5) is 13.1. The summed E-state index contributed by atoms with van der Waals surface area (Å²) < 4.78 is 10.1. The quantitative estimate of drug-likeness (QED) is 0.389. The second kappa shape index (κ2) is 8.44. The van der Waals surface area contributed by atoms with Gasteiger partial charge >= 0.3 is 6.01 Å². The maximum atomic E-state index is 6.14. The fourth-order valence-corrected chi connectivity index (χ4v) is 3.33.